The Labute approximate surface area is 347 Å². The standard InChI is InChI=1S/C44H74N2O12/c1-31(2)39(49)54-23-22-53-38(48)18-20-43(7,8)26-34(6)19-21-45-41(51)58-29-36-16-14-35(15-17-36)28-57-37(47)13-11-12-33(5)27-44(9,10)30-46-42(52)56-25-24-55-40(50)32(3)4/h33-36H,1,3,11-30H2,2,4-10H3,(H,45,51)(H,46,52). The van der Waals surface area contributed by atoms with E-state index in [4.69, 9.17) is 28.4 Å². The van der Waals surface area contributed by atoms with E-state index in [1.807, 2.05) is 0 Å². The zero-order valence-corrected chi connectivity index (χ0v) is 36.8. The summed E-state index contributed by atoms with van der Waals surface area (Å²) in [4.78, 5) is 71.7. The van der Waals surface area contributed by atoms with E-state index in [1.54, 1.807) is 13.8 Å². The van der Waals surface area contributed by atoms with Crippen molar-refractivity contribution in [2.75, 3.05) is 52.7 Å². The Balaban J connectivity index is 2.14. The van der Waals surface area contributed by atoms with Gasteiger partial charge in [0.1, 0.15) is 26.4 Å². The summed E-state index contributed by atoms with van der Waals surface area (Å²) in [5.74, 6) is -0.253. The SMILES string of the molecule is C=C(C)C(=O)OCCOC(=O)CCC(C)(C)CC(C)CCNC(=O)OCC1CCC(COC(=O)CCCC(C)CC(C)(C)CNC(=O)OCCOC(=O)C(=C)C)CC1. The van der Waals surface area contributed by atoms with Gasteiger partial charge in [-0.3, -0.25) is 9.59 Å². The molecule has 14 nitrogen and oxygen atoms in total. The fourth-order valence-electron chi connectivity index (χ4n) is 7.05. The van der Waals surface area contributed by atoms with Crippen molar-refractivity contribution in [1.82, 2.24) is 10.6 Å². The Bertz CT molecular complexity index is 1240. The minimum Gasteiger partial charge on any atom is -0.465 e. The maximum absolute atomic E-state index is 12.5. The number of rotatable bonds is 28. The van der Waals surface area contributed by atoms with Crippen LogP contribution in [0.25, 0.3) is 0 Å². The van der Waals surface area contributed by atoms with Gasteiger partial charge in [-0.1, -0.05) is 61.1 Å². The van der Waals surface area contributed by atoms with Gasteiger partial charge in [-0.05, 0) is 106 Å². The Kier molecular flexibility index (Phi) is 24.7. The van der Waals surface area contributed by atoms with Crippen LogP contribution in [0.5, 0.6) is 0 Å². The number of hydrogen-bond acceptors (Lipinski definition) is 12. The summed E-state index contributed by atoms with van der Waals surface area (Å²) in [5, 5.41) is 5.63. The third-order valence-corrected chi connectivity index (χ3v) is 10.2. The second kappa shape index (κ2) is 27.6. The van der Waals surface area contributed by atoms with Crippen LogP contribution < -0.4 is 10.6 Å². The summed E-state index contributed by atoms with van der Waals surface area (Å²) in [7, 11) is 0. The van der Waals surface area contributed by atoms with Gasteiger partial charge in [0.25, 0.3) is 0 Å². The first-order valence-electron chi connectivity index (χ1n) is 21.0. The Morgan fingerprint density at radius 3 is 1.64 bits per heavy atom. The lowest BCUT2D eigenvalue weighted by Gasteiger charge is -2.28. The van der Waals surface area contributed by atoms with Crippen LogP contribution in [0.4, 0.5) is 9.59 Å². The van der Waals surface area contributed by atoms with Gasteiger partial charge in [-0.15, -0.1) is 0 Å². The van der Waals surface area contributed by atoms with Crippen molar-refractivity contribution in [3.63, 3.8) is 0 Å². The number of carbonyl (C=O) groups is 6. The monoisotopic (exact) mass is 823 g/mol. The molecule has 0 aliphatic heterocycles. The molecule has 332 valence electrons. The maximum atomic E-state index is 12.5. The van der Waals surface area contributed by atoms with E-state index >= 15 is 0 Å². The minimum absolute atomic E-state index is 0.00365. The van der Waals surface area contributed by atoms with Gasteiger partial charge in [0.2, 0.25) is 0 Å². The van der Waals surface area contributed by atoms with E-state index in [2.05, 4.69) is 65.3 Å². The van der Waals surface area contributed by atoms with Crippen LogP contribution in [-0.4, -0.2) is 88.8 Å². The number of ether oxygens (including phenoxy) is 6. The largest absolute Gasteiger partial charge is 0.465 e. The van der Waals surface area contributed by atoms with Gasteiger partial charge in [0.05, 0.1) is 13.2 Å². The molecule has 2 atom stereocenters. The van der Waals surface area contributed by atoms with E-state index in [0.717, 1.165) is 57.8 Å². The summed E-state index contributed by atoms with van der Waals surface area (Å²) >= 11 is 0. The van der Waals surface area contributed by atoms with Crippen LogP contribution in [-0.2, 0) is 47.6 Å². The van der Waals surface area contributed by atoms with Gasteiger partial charge < -0.3 is 39.1 Å². The molecule has 1 aliphatic rings. The van der Waals surface area contributed by atoms with Crippen LogP contribution in [0.3, 0.4) is 0 Å². The highest BCUT2D eigenvalue weighted by atomic mass is 16.6. The van der Waals surface area contributed by atoms with Gasteiger partial charge >= 0.3 is 36.1 Å². The fourth-order valence-corrected chi connectivity index (χ4v) is 7.05. The molecule has 1 fully saturated rings. The van der Waals surface area contributed by atoms with Crippen molar-refractivity contribution in [3.8, 4) is 0 Å². The molecule has 1 saturated carbocycles. The van der Waals surface area contributed by atoms with Crippen LogP contribution in [0.1, 0.15) is 132 Å². The average molecular weight is 823 g/mol. The highest BCUT2D eigenvalue weighted by molar-refractivity contribution is 5.87. The lowest BCUT2D eigenvalue weighted by Crippen LogP contribution is -2.35. The lowest BCUT2D eigenvalue weighted by atomic mass is 9.79. The predicted molar refractivity (Wildman–Crippen MR) is 220 cm³/mol. The van der Waals surface area contributed by atoms with Crippen molar-refractivity contribution in [2.45, 2.75) is 132 Å². The predicted octanol–water partition coefficient (Wildman–Crippen LogP) is 8.02. The van der Waals surface area contributed by atoms with Crippen molar-refractivity contribution in [3.05, 3.63) is 24.3 Å². The molecule has 0 spiro atoms. The van der Waals surface area contributed by atoms with Gasteiger partial charge in [-0.25, -0.2) is 19.2 Å². The third-order valence-electron chi connectivity index (χ3n) is 10.2. The van der Waals surface area contributed by atoms with Gasteiger partial charge in [-0.2, -0.15) is 0 Å². The first kappa shape index (κ1) is 51.9. The molecule has 0 aromatic heterocycles. The Hall–Kier alpha value is -4.10. The van der Waals surface area contributed by atoms with Crippen molar-refractivity contribution in [1.29, 1.82) is 0 Å². The second-order valence-corrected chi connectivity index (χ2v) is 17.8. The number of hydrogen-bond donors (Lipinski definition) is 2. The number of amides is 2. The summed E-state index contributed by atoms with van der Waals surface area (Å²) in [6.07, 6.45) is 8.14. The molecule has 0 aromatic rings. The van der Waals surface area contributed by atoms with Gasteiger partial charge in [0.15, 0.2) is 0 Å². The number of alkyl carbamates (subject to hydrolysis) is 2. The molecule has 2 N–H and O–H groups in total. The Morgan fingerprint density at radius 1 is 0.603 bits per heavy atom. The van der Waals surface area contributed by atoms with E-state index in [0.29, 0.717) is 68.4 Å². The molecule has 14 heteroatoms. The van der Waals surface area contributed by atoms with Crippen LogP contribution >= 0.6 is 0 Å². The van der Waals surface area contributed by atoms with Crippen LogP contribution in [0.2, 0.25) is 0 Å². The maximum Gasteiger partial charge on any atom is 0.407 e. The number of nitrogens with one attached hydrogen (secondary N) is 2. The molecule has 0 saturated heterocycles. The lowest BCUT2D eigenvalue weighted by molar-refractivity contribution is -0.150. The van der Waals surface area contributed by atoms with E-state index < -0.39 is 24.1 Å². The minimum atomic E-state index is -0.564. The first-order chi connectivity index (χ1) is 27.2. The molecule has 2 unspecified atom stereocenters. The molecule has 0 radical (unpaired) electrons. The third kappa shape index (κ3) is 26.0. The fraction of sp³-hybridized carbons (Fsp3) is 0.773. The van der Waals surface area contributed by atoms with Crippen LogP contribution in [0.15, 0.2) is 24.3 Å². The average Bonchev–Trinajstić information content (AvgIpc) is 3.14. The quantitative estimate of drug-likeness (QED) is 0.0336. The topological polar surface area (TPSA) is 182 Å². The Morgan fingerprint density at radius 2 is 1.07 bits per heavy atom. The smallest absolute Gasteiger partial charge is 0.407 e. The summed E-state index contributed by atoms with van der Waals surface area (Å²) < 4.78 is 31.2. The van der Waals surface area contributed by atoms with E-state index in [1.165, 1.54) is 0 Å². The van der Waals surface area contributed by atoms with Crippen molar-refractivity contribution in [2.24, 2.45) is 34.5 Å². The highest BCUT2D eigenvalue weighted by Crippen LogP contribution is 2.32. The molecule has 58 heavy (non-hydrogen) atoms. The molecular formula is C44H74N2O12. The molecule has 0 bridgehead atoms. The first-order valence-corrected chi connectivity index (χ1v) is 21.0. The number of carbonyl (C=O) groups excluding carboxylic acids is 6. The summed E-state index contributed by atoms with van der Waals surface area (Å²) in [5.41, 5.74) is 0.319. The zero-order chi connectivity index (χ0) is 43.7. The molecule has 1 aliphatic carbocycles. The zero-order valence-electron chi connectivity index (χ0n) is 36.8. The second-order valence-electron chi connectivity index (χ2n) is 17.8. The summed E-state index contributed by atoms with van der Waals surface area (Å²) in [6, 6.07) is 0. The molecule has 0 heterocycles. The normalized spacial score (nSPS) is 16.5. The van der Waals surface area contributed by atoms with Gasteiger partial charge in [0, 0.05) is 37.1 Å². The molecular weight excluding hydrogens is 748 g/mol. The highest BCUT2D eigenvalue weighted by Gasteiger charge is 2.26. The van der Waals surface area contributed by atoms with E-state index in [-0.39, 0.29) is 61.2 Å². The molecule has 1 rings (SSSR count). The van der Waals surface area contributed by atoms with E-state index in [9.17, 15) is 28.8 Å². The van der Waals surface area contributed by atoms with Crippen molar-refractivity contribution < 1.29 is 57.2 Å². The molecule has 0 aromatic carbocycles. The van der Waals surface area contributed by atoms with Crippen molar-refractivity contribution >= 4 is 36.1 Å². The van der Waals surface area contributed by atoms with Crippen LogP contribution in [0, 0.1) is 34.5 Å². The number of esters is 4. The molecule has 2 amide bonds. The summed E-state index contributed by atoms with van der Waals surface area (Å²) in [6.45, 7) is 24.4.